The first-order valence-electron chi connectivity index (χ1n) is 9.67. The number of para-hydroxylation sites is 1. The highest BCUT2D eigenvalue weighted by molar-refractivity contribution is 9.10. The van der Waals surface area contributed by atoms with Crippen LogP contribution < -0.4 is 5.73 Å². The highest BCUT2D eigenvalue weighted by Gasteiger charge is 2.21. The van der Waals surface area contributed by atoms with Crippen LogP contribution in [-0.4, -0.2) is 22.1 Å². The van der Waals surface area contributed by atoms with Gasteiger partial charge < -0.3 is 19.5 Å². The van der Waals surface area contributed by atoms with Crippen LogP contribution >= 0.6 is 15.9 Å². The second-order valence-electron chi connectivity index (χ2n) is 7.06. The van der Waals surface area contributed by atoms with Crippen molar-refractivity contribution in [3.8, 4) is 11.3 Å². The number of nitrogens with zero attached hydrogens (tertiary/aromatic N) is 2. The summed E-state index contributed by atoms with van der Waals surface area (Å²) in [6.07, 6.45) is 0. The molecule has 0 spiro atoms. The molecule has 154 valence electrons. The maximum absolute atomic E-state index is 12.4. The maximum Gasteiger partial charge on any atom is 0.356 e. The van der Waals surface area contributed by atoms with Gasteiger partial charge in [-0.2, -0.15) is 0 Å². The zero-order valence-corrected chi connectivity index (χ0v) is 18.6. The van der Waals surface area contributed by atoms with Gasteiger partial charge in [-0.15, -0.1) is 0 Å². The molecule has 0 aliphatic rings. The van der Waals surface area contributed by atoms with Crippen molar-refractivity contribution in [1.82, 2.24) is 9.55 Å². The third-order valence-corrected chi connectivity index (χ3v) is 5.83. The summed E-state index contributed by atoms with van der Waals surface area (Å²) in [5.41, 5.74) is 10.5. The summed E-state index contributed by atoms with van der Waals surface area (Å²) in [7, 11) is 0. The number of carbonyl (C=O) groups excluding carboxylic acids is 1. The van der Waals surface area contributed by atoms with Crippen LogP contribution in [0, 0.1) is 13.8 Å². The number of benzene rings is 2. The summed E-state index contributed by atoms with van der Waals surface area (Å²) in [5, 5.41) is 0.943. The molecule has 2 aromatic heterocycles. The van der Waals surface area contributed by atoms with Crippen LogP contribution in [0.2, 0.25) is 0 Å². The number of rotatable bonds is 5. The summed E-state index contributed by atoms with van der Waals surface area (Å²) in [6, 6.07) is 13.6. The molecule has 0 amide bonds. The first kappa shape index (κ1) is 20.2. The van der Waals surface area contributed by atoms with Crippen molar-refractivity contribution in [3.05, 3.63) is 69.7 Å². The first-order valence-corrected chi connectivity index (χ1v) is 10.5. The lowest BCUT2D eigenvalue weighted by atomic mass is 10.1. The molecule has 2 N–H and O–H groups in total. The molecule has 0 bridgehead atoms. The van der Waals surface area contributed by atoms with Gasteiger partial charge in [0.25, 0.3) is 0 Å². The number of aromatic nitrogens is 2. The molecule has 30 heavy (non-hydrogen) atoms. The fourth-order valence-electron chi connectivity index (χ4n) is 3.64. The maximum atomic E-state index is 12.4. The van der Waals surface area contributed by atoms with Gasteiger partial charge in [-0.1, -0.05) is 18.2 Å². The van der Waals surface area contributed by atoms with Crippen molar-refractivity contribution in [3.63, 3.8) is 0 Å². The zero-order chi connectivity index (χ0) is 21.4. The minimum Gasteiger partial charge on any atom is -0.461 e. The standard InChI is InChI=1S/C23H22BrN3O3/c1-4-29-23(28)21-13(2)26-14(3)27(21)12-15-9-10-19-17(11-15)20(24)22(30-19)16-7-5-6-8-18(16)25/h5-11H,4,12,25H2,1-3H3. The van der Waals surface area contributed by atoms with Crippen molar-refractivity contribution >= 4 is 38.6 Å². The van der Waals surface area contributed by atoms with Gasteiger partial charge in [0.05, 0.1) is 16.8 Å². The van der Waals surface area contributed by atoms with E-state index in [9.17, 15) is 4.79 Å². The molecule has 2 aromatic carbocycles. The SMILES string of the molecule is CCOC(=O)c1c(C)nc(C)n1Cc1ccc2oc(-c3ccccc3N)c(Br)c2c1. The molecule has 4 rings (SSSR count). The number of halogens is 1. The number of anilines is 1. The summed E-state index contributed by atoms with van der Waals surface area (Å²) >= 11 is 3.68. The Bertz CT molecular complexity index is 1260. The van der Waals surface area contributed by atoms with Crippen LogP contribution in [0.3, 0.4) is 0 Å². The Morgan fingerprint density at radius 2 is 2.00 bits per heavy atom. The lowest BCUT2D eigenvalue weighted by Gasteiger charge is -2.10. The largest absolute Gasteiger partial charge is 0.461 e. The Morgan fingerprint density at radius 3 is 2.73 bits per heavy atom. The second-order valence-corrected chi connectivity index (χ2v) is 7.86. The average molecular weight is 468 g/mol. The first-order chi connectivity index (χ1) is 14.4. The molecule has 0 aliphatic heterocycles. The molecule has 0 fully saturated rings. The summed E-state index contributed by atoms with van der Waals surface area (Å²) in [4.78, 5) is 16.9. The molecule has 0 unspecified atom stereocenters. The van der Waals surface area contributed by atoms with E-state index in [-0.39, 0.29) is 5.97 Å². The Labute approximate surface area is 182 Å². The molecule has 7 heteroatoms. The predicted octanol–water partition coefficient (Wildman–Crippen LogP) is 5.48. The number of furan rings is 1. The second kappa shape index (κ2) is 7.99. The number of imidazole rings is 1. The third kappa shape index (κ3) is 3.50. The van der Waals surface area contributed by atoms with Crippen LogP contribution in [0.4, 0.5) is 5.69 Å². The molecule has 0 aliphatic carbocycles. The van der Waals surface area contributed by atoms with E-state index in [4.69, 9.17) is 14.9 Å². The van der Waals surface area contributed by atoms with Gasteiger partial charge in [0.1, 0.15) is 11.4 Å². The van der Waals surface area contributed by atoms with Gasteiger partial charge in [-0.25, -0.2) is 9.78 Å². The van der Waals surface area contributed by atoms with Crippen molar-refractivity contribution in [2.75, 3.05) is 12.3 Å². The molecule has 0 atom stereocenters. The van der Waals surface area contributed by atoms with Gasteiger partial charge in [0.2, 0.25) is 0 Å². The summed E-state index contributed by atoms with van der Waals surface area (Å²) < 4.78 is 14.0. The number of hydrogen-bond donors (Lipinski definition) is 1. The van der Waals surface area contributed by atoms with E-state index < -0.39 is 0 Å². The van der Waals surface area contributed by atoms with Crippen LogP contribution in [-0.2, 0) is 11.3 Å². The van der Waals surface area contributed by atoms with Crippen LogP contribution in [0.5, 0.6) is 0 Å². The Kier molecular flexibility index (Phi) is 5.39. The number of fused-ring (bicyclic) bond motifs is 1. The lowest BCUT2D eigenvalue weighted by molar-refractivity contribution is 0.0513. The van der Waals surface area contributed by atoms with Crippen LogP contribution in [0.25, 0.3) is 22.3 Å². The molecule has 4 aromatic rings. The smallest absolute Gasteiger partial charge is 0.356 e. The van der Waals surface area contributed by atoms with E-state index in [0.717, 1.165) is 32.4 Å². The number of ether oxygens (including phenoxy) is 1. The van der Waals surface area contributed by atoms with Crippen LogP contribution in [0.15, 0.2) is 51.4 Å². The molecule has 2 heterocycles. The van der Waals surface area contributed by atoms with Gasteiger partial charge in [-0.3, -0.25) is 0 Å². The minimum atomic E-state index is -0.358. The third-order valence-electron chi connectivity index (χ3n) is 5.04. The van der Waals surface area contributed by atoms with Gasteiger partial charge in [0, 0.05) is 23.2 Å². The quantitative estimate of drug-likeness (QED) is 0.310. The van der Waals surface area contributed by atoms with Crippen molar-refractivity contribution in [2.24, 2.45) is 0 Å². The van der Waals surface area contributed by atoms with Crippen molar-refractivity contribution < 1.29 is 13.9 Å². The van der Waals surface area contributed by atoms with Crippen LogP contribution in [0.1, 0.15) is 34.5 Å². The number of aryl methyl sites for hydroxylation is 2. The molecule has 0 radical (unpaired) electrons. The van der Waals surface area contributed by atoms with E-state index in [2.05, 4.69) is 27.0 Å². The minimum absolute atomic E-state index is 0.321. The van der Waals surface area contributed by atoms with E-state index >= 15 is 0 Å². The number of nitrogen functional groups attached to an aromatic ring is 1. The fourth-order valence-corrected chi connectivity index (χ4v) is 4.24. The number of esters is 1. The fraction of sp³-hybridized carbons (Fsp3) is 0.217. The molecular weight excluding hydrogens is 446 g/mol. The molecule has 0 saturated carbocycles. The van der Waals surface area contributed by atoms with E-state index in [1.54, 1.807) is 6.92 Å². The number of carbonyl (C=O) groups is 1. The molecular formula is C23H22BrN3O3. The van der Waals surface area contributed by atoms with E-state index in [1.807, 2.05) is 54.8 Å². The van der Waals surface area contributed by atoms with Gasteiger partial charge in [-0.05, 0) is 66.5 Å². The van der Waals surface area contributed by atoms with Crippen molar-refractivity contribution in [1.29, 1.82) is 0 Å². The summed E-state index contributed by atoms with van der Waals surface area (Å²) in [5.74, 6) is 1.10. The van der Waals surface area contributed by atoms with Crippen molar-refractivity contribution in [2.45, 2.75) is 27.3 Å². The summed E-state index contributed by atoms with van der Waals surface area (Å²) in [6.45, 7) is 6.32. The van der Waals surface area contributed by atoms with E-state index in [0.29, 0.717) is 36.0 Å². The zero-order valence-electron chi connectivity index (χ0n) is 17.0. The topological polar surface area (TPSA) is 83.3 Å². The monoisotopic (exact) mass is 467 g/mol. The molecule has 6 nitrogen and oxygen atoms in total. The Morgan fingerprint density at radius 1 is 1.23 bits per heavy atom. The Balaban J connectivity index is 1.75. The normalized spacial score (nSPS) is 11.2. The lowest BCUT2D eigenvalue weighted by Crippen LogP contribution is -2.15. The highest BCUT2D eigenvalue weighted by atomic mass is 79.9. The predicted molar refractivity (Wildman–Crippen MR) is 121 cm³/mol. The van der Waals surface area contributed by atoms with E-state index in [1.165, 1.54) is 0 Å². The number of nitrogens with two attached hydrogens (primary N) is 1. The highest BCUT2D eigenvalue weighted by Crippen LogP contribution is 2.40. The Hall–Kier alpha value is -3.06. The number of hydrogen-bond acceptors (Lipinski definition) is 5. The average Bonchev–Trinajstić information content (AvgIpc) is 3.18. The molecule has 0 saturated heterocycles. The van der Waals surface area contributed by atoms with Gasteiger partial charge >= 0.3 is 5.97 Å². The van der Waals surface area contributed by atoms with Gasteiger partial charge in [0.15, 0.2) is 11.5 Å².